The van der Waals surface area contributed by atoms with Crippen LogP contribution >= 0.6 is 22.9 Å². The van der Waals surface area contributed by atoms with Crippen LogP contribution in [0, 0.1) is 0 Å². The van der Waals surface area contributed by atoms with Gasteiger partial charge in [-0.1, -0.05) is 36.7 Å². The maximum absolute atomic E-state index is 12.5. The molecule has 0 aromatic carbocycles. The third-order valence-electron chi connectivity index (χ3n) is 4.44. The van der Waals surface area contributed by atoms with E-state index in [4.69, 9.17) is 0 Å². The van der Waals surface area contributed by atoms with Crippen LogP contribution in [0.15, 0.2) is 17.5 Å². The summed E-state index contributed by atoms with van der Waals surface area (Å²) in [7, 11) is 0. The highest BCUT2D eigenvalue weighted by Gasteiger charge is 2.37. The fourth-order valence-electron chi connectivity index (χ4n) is 3.25. The van der Waals surface area contributed by atoms with Crippen molar-refractivity contribution >= 4 is 28.8 Å². The maximum Gasteiger partial charge on any atom is 0.264 e. The molecule has 1 N–H and O–H groups in total. The second-order valence-corrected chi connectivity index (χ2v) is 7.65. The molecule has 6 heteroatoms. The minimum atomic E-state index is -0.0127. The average molecular weight is 335 g/mol. The summed E-state index contributed by atoms with van der Waals surface area (Å²) in [6.45, 7) is 2.81. The first-order valence-corrected chi connectivity index (χ1v) is 9.54. The normalized spacial score (nSPS) is 16.8. The number of carbonyl (C=O) groups is 1. The molecule has 0 unspecified atom stereocenters. The van der Waals surface area contributed by atoms with Gasteiger partial charge in [-0.3, -0.25) is 4.79 Å². The Hall–Kier alpha value is -1.27. The number of nitrogens with one attached hydrogen (secondary N) is 1. The van der Waals surface area contributed by atoms with Crippen molar-refractivity contribution in [2.45, 2.75) is 50.9 Å². The Morgan fingerprint density at radius 1 is 1.41 bits per heavy atom. The van der Waals surface area contributed by atoms with Gasteiger partial charge in [0.2, 0.25) is 0 Å². The van der Waals surface area contributed by atoms with Gasteiger partial charge in [-0.25, -0.2) is 0 Å². The Morgan fingerprint density at radius 3 is 2.91 bits per heavy atom. The Bertz CT molecular complexity index is 615. The van der Waals surface area contributed by atoms with Crippen molar-refractivity contribution in [3.05, 3.63) is 33.0 Å². The lowest BCUT2D eigenvalue weighted by Gasteiger charge is -2.28. The fourth-order valence-corrected chi connectivity index (χ4v) is 4.87. The van der Waals surface area contributed by atoms with Crippen LogP contribution in [0.1, 0.15) is 59.3 Å². The standard InChI is InChI=1S/C16H21N3OS2/c1-2-6-12-14(22-19-18-12)15(20)17-11-16(8-3-4-9-16)13-7-5-10-21-13/h5,7,10H,2-4,6,8-9,11H2,1H3,(H,17,20). The second-order valence-electron chi connectivity index (χ2n) is 5.95. The highest BCUT2D eigenvalue weighted by Crippen LogP contribution is 2.42. The van der Waals surface area contributed by atoms with Crippen molar-refractivity contribution in [1.29, 1.82) is 0 Å². The van der Waals surface area contributed by atoms with Gasteiger partial charge in [0.1, 0.15) is 4.88 Å². The van der Waals surface area contributed by atoms with Crippen LogP contribution in [0.4, 0.5) is 0 Å². The summed E-state index contributed by atoms with van der Waals surface area (Å²) in [5, 5.41) is 9.37. The van der Waals surface area contributed by atoms with E-state index >= 15 is 0 Å². The molecule has 118 valence electrons. The molecule has 2 aromatic rings. The van der Waals surface area contributed by atoms with Crippen molar-refractivity contribution in [1.82, 2.24) is 14.9 Å². The molecular weight excluding hydrogens is 314 g/mol. The maximum atomic E-state index is 12.5. The first-order valence-electron chi connectivity index (χ1n) is 7.88. The molecule has 1 fully saturated rings. The Labute approximate surface area is 139 Å². The molecule has 0 aliphatic heterocycles. The van der Waals surface area contributed by atoms with E-state index in [1.807, 2.05) is 0 Å². The number of hydrogen-bond donors (Lipinski definition) is 1. The molecule has 3 rings (SSSR count). The fraction of sp³-hybridized carbons (Fsp3) is 0.562. The first kappa shape index (κ1) is 15.6. The number of aryl methyl sites for hydroxylation is 1. The van der Waals surface area contributed by atoms with Gasteiger partial charge in [0.05, 0.1) is 5.69 Å². The smallest absolute Gasteiger partial charge is 0.264 e. The summed E-state index contributed by atoms with van der Waals surface area (Å²) >= 11 is 3.01. The van der Waals surface area contributed by atoms with Crippen LogP contribution in [-0.2, 0) is 11.8 Å². The van der Waals surface area contributed by atoms with E-state index in [-0.39, 0.29) is 11.3 Å². The summed E-state index contributed by atoms with van der Waals surface area (Å²) < 4.78 is 3.94. The van der Waals surface area contributed by atoms with E-state index in [0.29, 0.717) is 4.88 Å². The SMILES string of the molecule is CCCc1nnsc1C(=O)NCC1(c2cccs2)CCCC1. The zero-order valence-electron chi connectivity index (χ0n) is 12.8. The number of nitrogens with zero attached hydrogens (tertiary/aromatic N) is 2. The topological polar surface area (TPSA) is 54.9 Å². The molecular formula is C16H21N3OS2. The molecule has 1 saturated carbocycles. The third kappa shape index (κ3) is 3.08. The van der Waals surface area contributed by atoms with Gasteiger partial charge >= 0.3 is 0 Å². The van der Waals surface area contributed by atoms with E-state index in [9.17, 15) is 4.79 Å². The quantitative estimate of drug-likeness (QED) is 0.874. The van der Waals surface area contributed by atoms with Crippen molar-refractivity contribution in [3.8, 4) is 0 Å². The van der Waals surface area contributed by atoms with Crippen molar-refractivity contribution in [3.63, 3.8) is 0 Å². The minimum absolute atomic E-state index is 0.0127. The molecule has 0 radical (unpaired) electrons. The second kappa shape index (κ2) is 6.87. The van der Waals surface area contributed by atoms with E-state index in [1.165, 1.54) is 29.3 Å². The lowest BCUT2D eigenvalue weighted by molar-refractivity contribution is 0.0946. The van der Waals surface area contributed by atoms with Gasteiger partial charge in [0.15, 0.2) is 0 Å². The van der Waals surface area contributed by atoms with E-state index in [2.05, 4.69) is 39.3 Å². The summed E-state index contributed by atoms with van der Waals surface area (Å²) in [6, 6.07) is 4.31. The van der Waals surface area contributed by atoms with Crippen LogP contribution in [0.25, 0.3) is 0 Å². The molecule has 2 heterocycles. The molecule has 0 bridgehead atoms. The average Bonchev–Trinajstić information content (AvgIpc) is 3.26. The monoisotopic (exact) mass is 335 g/mol. The van der Waals surface area contributed by atoms with Crippen LogP contribution in [-0.4, -0.2) is 22.0 Å². The first-order chi connectivity index (χ1) is 10.7. The molecule has 1 aliphatic rings. The number of thiophene rings is 1. The predicted molar refractivity (Wildman–Crippen MR) is 90.7 cm³/mol. The van der Waals surface area contributed by atoms with Gasteiger partial charge in [-0.05, 0) is 42.2 Å². The Kier molecular flexibility index (Phi) is 4.88. The number of aromatic nitrogens is 2. The summed E-state index contributed by atoms with van der Waals surface area (Å²) in [6.07, 6.45) is 6.61. The minimum Gasteiger partial charge on any atom is -0.350 e. The van der Waals surface area contributed by atoms with Gasteiger partial charge in [-0.2, -0.15) is 0 Å². The Balaban J connectivity index is 1.70. The lowest BCUT2D eigenvalue weighted by Crippen LogP contribution is -2.38. The van der Waals surface area contributed by atoms with Gasteiger partial charge < -0.3 is 5.32 Å². The number of carbonyl (C=O) groups excluding carboxylic acids is 1. The van der Waals surface area contributed by atoms with Crippen LogP contribution < -0.4 is 5.32 Å². The van der Waals surface area contributed by atoms with Crippen molar-refractivity contribution in [2.75, 3.05) is 6.54 Å². The number of hydrogen-bond acceptors (Lipinski definition) is 5. The Morgan fingerprint density at radius 2 is 2.23 bits per heavy atom. The summed E-state index contributed by atoms with van der Waals surface area (Å²) in [5.74, 6) is -0.0127. The van der Waals surface area contributed by atoms with Gasteiger partial charge in [-0.15, -0.1) is 16.4 Å². The van der Waals surface area contributed by atoms with E-state index in [1.54, 1.807) is 11.3 Å². The zero-order chi connectivity index (χ0) is 15.4. The van der Waals surface area contributed by atoms with E-state index in [0.717, 1.165) is 37.9 Å². The summed E-state index contributed by atoms with van der Waals surface area (Å²) in [4.78, 5) is 14.6. The molecule has 1 aliphatic carbocycles. The van der Waals surface area contributed by atoms with E-state index < -0.39 is 0 Å². The molecule has 0 atom stereocenters. The van der Waals surface area contributed by atoms with Gasteiger partial charge in [0, 0.05) is 16.8 Å². The van der Waals surface area contributed by atoms with Crippen LogP contribution in [0.3, 0.4) is 0 Å². The number of rotatable bonds is 6. The van der Waals surface area contributed by atoms with Crippen molar-refractivity contribution in [2.24, 2.45) is 0 Å². The molecule has 22 heavy (non-hydrogen) atoms. The lowest BCUT2D eigenvalue weighted by atomic mass is 9.84. The summed E-state index contributed by atoms with van der Waals surface area (Å²) in [5.41, 5.74) is 0.967. The highest BCUT2D eigenvalue weighted by molar-refractivity contribution is 7.10. The van der Waals surface area contributed by atoms with Crippen LogP contribution in [0.2, 0.25) is 0 Å². The van der Waals surface area contributed by atoms with Gasteiger partial charge in [0.25, 0.3) is 5.91 Å². The predicted octanol–water partition coefficient (Wildman–Crippen LogP) is 3.79. The highest BCUT2D eigenvalue weighted by atomic mass is 32.1. The number of amides is 1. The molecule has 1 amide bonds. The molecule has 0 spiro atoms. The molecule has 0 saturated heterocycles. The zero-order valence-corrected chi connectivity index (χ0v) is 14.4. The third-order valence-corrected chi connectivity index (χ3v) is 6.32. The van der Waals surface area contributed by atoms with Crippen molar-refractivity contribution < 1.29 is 4.79 Å². The molecule has 2 aromatic heterocycles. The molecule has 4 nitrogen and oxygen atoms in total. The largest absolute Gasteiger partial charge is 0.350 e. The van der Waals surface area contributed by atoms with Crippen LogP contribution in [0.5, 0.6) is 0 Å².